The van der Waals surface area contributed by atoms with E-state index < -0.39 is 9.84 Å². The SMILES string of the molecule is CN(Cc1cnn(-c2ccc(F)cc2)c1)C(=O)CC1CCS(=O)(=O)C1. The fourth-order valence-corrected chi connectivity index (χ4v) is 4.84. The highest BCUT2D eigenvalue weighted by molar-refractivity contribution is 7.91. The number of benzene rings is 1. The Morgan fingerprint density at radius 2 is 2.08 bits per heavy atom. The van der Waals surface area contributed by atoms with Crippen molar-refractivity contribution >= 4 is 15.7 Å². The van der Waals surface area contributed by atoms with Crippen LogP contribution in [-0.4, -0.2) is 47.6 Å². The average Bonchev–Trinajstić information content (AvgIpc) is 3.14. The number of amides is 1. The van der Waals surface area contributed by atoms with Crippen molar-refractivity contribution in [3.63, 3.8) is 0 Å². The number of rotatable bonds is 5. The van der Waals surface area contributed by atoms with Crippen LogP contribution < -0.4 is 0 Å². The smallest absolute Gasteiger partial charge is 0.222 e. The molecular formula is C17H20FN3O3S. The van der Waals surface area contributed by atoms with Crippen molar-refractivity contribution in [2.45, 2.75) is 19.4 Å². The number of nitrogens with zero attached hydrogens (tertiary/aromatic N) is 3. The van der Waals surface area contributed by atoms with E-state index in [2.05, 4.69) is 5.10 Å². The van der Waals surface area contributed by atoms with E-state index in [1.807, 2.05) is 0 Å². The second kappa shape index (κ2) is 6.95. The molecule has 2 heterocycles. The maximum absolute atomic E-state index is 13.0. The van der Waals surface area contributed by atoms with E-state index >= 15 is 0 Å². The van der Waals surface area contributed by atoms with Crippen molar-refractivity contribution in [3.05, 3.63) is 48.0 Å². The highest BCUT2D eigenvalue weighted by atomic mass is 32.2. The van der Waals surface area contributed by atoms with E-state index in [0.29, 0.717) is 13.0 Å². The lowest BCUT2D eigenvalue weighted by Crippen LogP contribution is -2.28. The van der Waals surface area contributed by atoms with Gasteiger partial charge in [-0.2, -0.15) is 5.10 Å². The maximum atomic E-state index is 13.0. The zero-order valence-electron chi connectivity index (χ0n) is 13.9. The topological polar surface area (TPSA) is 72.3 Å². The van der Waals surface area contributed by atoms with Crippen LogP contribution in [0.2, 0.25) is 0 Å². The monoisotopic (exact) mass is 365 g/mol. The van der Waals surface area contributed by atoms with Gasteiger partial charge in [-0.1, -0.05) is 0 Å². The summed E-state index contributed by atoms with van der Waals surface area (Å²) in [7, 11) is -1.27. The Balaban J connectivity index is 1.58. The first-order chi connectivity index (χ1) is 11.8. The van der Waals surface area contributed by atoms with Crippen LogP contribution in [0.3, 0.4) is 0 Å². The second-order valence-electron chi connectivity index (χ2n) is 6.49. The third-order valence-corrected chi connectivity index (χ3v) is 6.20. The predicted molar refractivity (Wildman–Crippen MR) is 91.4 cm³/mol. The van der Waals surface area contributed by atoms with Crippen LogP contribution in [0.25, 0.3) is 5.69 Å². The van der Waals surface area contributed by atoms with Gasteiger partial charge in [-0.25, -0.2) is 17.5 Å². The average molecular weight is 365 g/mol. The summed E-state index contributed by atoms with van der Waals surface area (Å²) in [4.78, 5) is 13.9. The molecule has 1 aromatic heterocycles. The van der Waals surface area contributed by atoms with Crippen LogP contribution in [0.1, 0.15) is 18.4 Å². The number of hydrogen-bond acceptors (Lipinski definition) is 4. The number of halogens is 1. The summed E-state index contributed by atoms with van der Waals surface area (Å²) in [5.74, 6) is -0.178. The molecule has 25 heavy (non-hydrogen) atoms. The molecule has 0 aliphatic carbocycles. The van der Waals surface area contributed by atoms with Gasteiger partial charge < -0.3 is 4.90 Å². The zero-order valence-corrected chi connectivity index (χ0v) is 14.7. The molecular weight excluding hydrogens is 345 g/mol. The van der Waals surface area contributed by atoms with Gasteiger partial charge in [0.05, 0.1) is 23.4 Å². The lowest BCUT2D eigenvalue weighted by molar-refractivity contribution is -0.131. The molecule has 0 spiro atoms. The minimum atomic E-state index is -2.97. The lowest BCUT2D eigenvalue weighted by atomic mass is 10.0. The number of carbonyl (C=O) groups is 1. The summed E-state index contributed by atoms with van der Waals surface area (Å²) < 4.78 is 37.6. The van der Waals surface area contributed by atoms with E-state index in [1.54, 1.807) is 41.2 Å². The quantitative estimate of drug-likeness (QED) is 0.810. The highest BCUT2D eigenvalue weighted by Crippen LogP contribution is 2.22. The molecule has 0 saturated carbocycles. The van der Waals surface area contributed by atoms with Crippen LogP contribution in [-0.2, 0) is 21.2 Å². The predicted octanol–water partition coefficient (Wildman–Crippen LogP) is 1.79. The van der Waals surface area contributed by atoms with E-state index in [0.717, 1.165) is 11.3 Å². The summed E-state index contributed by atoms with van der Waals surface area (Å²) >= 11 is 0. The first kappa shape index (κ1) is 17.6. The van der Waals surface area contributed by atoms with Gasteiger partial charge in [0.1, 0.15) is 5.82 Å². The lowest BCUT2D eigenvalue weighted by Gasteiger charge is -2.18. The molecule has 1 aliphatic rings. The molecule has 3 rings (SSSR count). The van der Waals surface area contributed by atoms with Crippen LogP contribution >= 0.6 is 0 Å². The van der Waals surface area contributed by atoms with E-state index in [9.17, 15) is 17.6 Å². The minimum absolute atomic E-state index is 0.0726. The standard InChI is InChI=1S/C17H20FN3O3S/c1-20(17(22)8-13-6-7-25(23,24)12-13)10-14-9-19-21(11-14)16-4-2-15(18)3-5-16/h2-5,9,11,13H,6-8,10,12H2,1H3. The van der Waals surface area contributed by atoms with Crippen molar-refractivity contribution in [3.8, 4) is 5.69 Å². The van der Waals surface area contributed by atoms with E-state index in [-0.39, 0.29) is 35.6 Å². The van der Waals surface area contributed by atoms with Crippen LogP contribution in [0.15, 0.2) is 36.7 Å². The molecule has 1 fully saturated rings. The largest absolute Gasteiger partial charge is 0.341 e. The molecule has 0 N–H and O–H groups in total. The van der Waals surface area contributed by atoms with Gasteiger partial charge in [-0.15, -0.1) is 0 Å². The highest BCUT2D eigenvalue weighted by Gasteiger charge is 2.30. The van der Waals surface area contributed by atoms with Crippen molar-refractivity contribution in [2.24, 2.45) is 5.92 Å². The molecule has 1 atom stereocenters. The molecule has 1 aliphatic heterocycles. The second-order valence-corrected chi connectivity index (χ2v) is 8.72. The Bertz CT molecular complexity index is 862. The van der Waals surface area contributed by atoms with Gasteiger partial charge in [0.25, 0.3) is 0 Å². The molecule has 1 aromatic carbocycles. The Kier molecular flexibility index (Phi) is 4.89. The zero-order chi connectivity index (χ0) is 18.0. The van der Waals surface area contributed by atoms with Crippen molar-refractivity contribution < 1.29 is 17.6 Å². The summed E-state index contributed by atoms with van der Waals surface area (Å²) in [5.41, 5.74) is 1.58. The molecule has 0 radical (unpaired) electrons. The van der Waals surface area contributed by atoms with E-state index in [1.165, 1.54) is 12.1 Å². The van der Waals surface area contributed by atoms with Crippen molar-refractivity contribution in [1.29, 1.82) is 0 Å². The van der Waals surface area contributed by atoms with Gasteiger partial charge >= 0.3 is 0 Å². The maximum Gasteiger partial charge on any atom is 0.222 e. The molecule has 1 amide bonds. The minimum Gasteiger partial charge on any atom is -0.341 e. The summed E-state index contributed by atoms with van der Waals surface area (Å²) in [6.07, 6.45) is 4.26. The van der Waals surface area contributed by atoms with Crippen molar-refractivity contribution in [2.75, 3.05) is 18.6 Å². The summed E-state index contributed by atoms with van der Waals surface area (Å²) in [6, 6.07) is 5.98. The number of aromatic nitrogens is 2. The molecule has 2 aromatic rings. The van der Waals surface area contributed by atoms with Crippen LogP contribution in [0, 0.1) is 11.7 Å². The van der Waals surface area contributed by atoms with Gasteiger partial charge in [-0.3, -0.25) is 4.79 Å². The first-order valence-electron chi connectivity index (χ1n) is 8.06. The van der Waals surface area contributed by atoms with Crippen molar-refractivity contribution in [1.82, 2.24) is 14.7 Å². The normalized spacial score (nSPS) is 19.0. The number of carbonyl (C=O) groups excluding carboxylic acids is 1. The molecule has 0 bridgehead atoms. The van der Waals surface area contributed by atoms with Crippen LogP contribution in [0.4, 0.5) is 4.39 Å². The Morgan fingerprint density at radius 3 is 2.72 bits per heavy atom. The number of hydrogen-bond donors (Lipinski definition) is 0. The fourth-order valence-electron chi connectivity index (χ4n) is 2.97. The molecule has 134 valence electrons. The summed E-state index contributed by atoms with van der Waals surface area (Å²) in [5, 5.41) is 4.23. The Morgan fingerprint density at radius 1 is 1.36 bits per heavy atom. The van der Waals surface area contributed by atoms with Gasteiger partial charge in [0.2, 0.25) is 5.91 Å². The van der Waals surface area contributed by atoms with Crippen LogP contribution in [0.5, 0.6) is 0 Å². The fraction of sp³-hybridized carbons (Fsp3) is 0.412. The first-order valence-corrected chi connectivity index (χ1v) is 9.88. The van der Waals surface area contributed by atoms with Gasteiger partial charge in [0, 0.05) is 31.8 Å². The molecule has 1 unspecified atom stereocenters. The molecule has 8 heteroatoms. The van der Waals surface area contributed by atoms with Gasteiger partial charge in [0.15, 0.2) is 9.84 Å². The third kappa shape index (κ3) is 4.45. The number of sulfone groups is 1. The molecule has 6 nitrogen and oxygen atoms in total. The summed E-state index contributed by atoms with van der Waals surface area (Å²) in [6.45, 7) is 0.388. The Hall–Kier alpha value is -2.22. The van der Waals surface area contributed by atoms with E-state index in [4.69, 9.17) is 0 Å². The molecule has 1 saturated heterocycles. The van der Waals surface area contributed by atoms with Gasteiger partial charge in [-0.05, 0) is 36.6 Å². The third-order valence-electron chi connectivity index (χ3n) is 4.36. The Labute approximate surface area is 146 Å².